The lowest BCUT2D eigenvalue weighted by Gasteiger charge is -2.05. The van der Waals surface area contributed by atoms with Crippen LogP contribution in [0.25, 0.3) is 11.0 Å². The number of benzene rings is 1. The van der Waals surface area contributed by atoms with Crippen molar-refractivity contribution in [1.29, 1.82) is 5.26 Å². The maximum absolute atomic E-state index is 8.92. The van der Waals surface area contributed by atoms with Gasteiger partial charge in [-0.1, -0.05) is 6.92 Å². The van der Waals surface area contributed by atoms with Gasteiger partial charge in [-0.05, 0) is 36.5 Å². The number of imidazole rings is 1. The number of nitrogens with two attached hydrogens (primary N) is 1. The SMILES string of the molecule is CC1CC1Cn1c(N)nc2ccc(C#N)cc21. The Morgan fingerprint density at radius 3 is 3.00 bits per heavy atom. The van der Waals surface area contributed by atoms with E-state index >= 15 is 0 Å². The molecule has 2 atom stereocenters. The van der Waals surface area contributed by atoms with Gasteiger partial charge in [0.1, 0.15) is 0 Å². The van der Waals surface area contributed by atoms with E-state index < -0.39 is 0 Å². The van der Waals surface area contributed by atoms with Crippen LogP contribution in [0.1, 0.15) is 18.9 Å². The second kappa shape index (κ2) is 3.49. The molecule has 1 aromatic carbocycles. The summed E-state index contributed by atoms with van der Waals surface area (Å²) in [6.07, 6.45) is 1.26. The molecule has 86 valence electrons. The molecule has 1 heterocycles. The monoisotopic (exact) mass is 226 g/mol. The molecule has 0 aliphatic heterocycles. The fourth-order valence-electron chi connectivity index (χ4n) is 2.29. The standard InChI is InChI=1S/C13H14N4/c1-8-4-10(8)7-17-12-5-9(6-14)2-3-11(12)16-13(17)15/h2-3,5,8,10H,4,7H2,1H3,(H2,15,16). The molecule has 1 aliphatic rings. The molecule has 2 N–H and O–H groups in total. The maximum Gasteiger partial charge on any atom is 0.201 e. The summed E-state index contributed by atoms with van der Waals surface area (Å²) in [6.45, 7) is 3.17. The predicted molar refractivity (Wildman–Crippen MR) is 66.1 cm³/mol. The molecule has 2 aromatic rings. The Bertz CT molecular complexity index is 620. The minimum Gasteiger partial charge on any atom is -0.369 e. The van der Waals surface area contributed by atoms with Gasteiger partial charge >= 0.3 is 0 Å². The zero-order valence-corrected chi connectivity index (χ0v) is 9.72. The van der Waals surface area contributed by atoms with E-state index in [4.69, 9.17) is 11.0 Å². The number of rotatable bonds is 2. The van der Waals surface area contributed by atoms with Gasteiger partial charge in [-0.15, -0.1) is 0 Å². The largest absolute Gasteiger partial charge is 0.369 e. The zero-order valence-electron chi connectivity index (χ0n) is 9.72. The normalized spacial score (nSPS) is 22.6. The third-order valence-corrected chi connectivity index (χ3v) is 3.60. The minimum absolute atomic E-state index is 0.550. The van der Waals surface area contributed by atoms with Crippen LogP contribution in [0.2, 0.25) is 0 Å². The van der Waals surface area contributed by atoms with E-state index in [2.05, 4.69) is 18.0 Å². The maximum atomic E-state index is 8.92. The van der Waals surface area contributed by atoms with Crippen LogP contribution in [-0.4, -0.2) is 9.55 Å². The summed E-state index contributed by atoms with van der Waals surface area (Å²) in [5, 5.41) is 8.92. The van der Waals surface area contributed by atoms with Crippen molar-refractivity contribution in [2.45, 2.75) is 19.9 Å². The number of fused-ring (bicyclic) bond motifs is 1. The first-order valence-corrected chi connectivity index (χ1v) is 5.85. The van der Waals surface area contributed by atoms with Crippen LogP contribution in [0.4, 0.5) is 5.95 Å². The summed E-state index contributed by atoms with van der Waals surface area (Å²) in [6, 6.07) is 7.65. The van der Waals surface area contributed by atoms with Crippen molar-refractivity contribution in [3.05, 3.63) is 23.8 Å². The Balaban J connectivity index is 2.08. The van der Waals surface area contributed by atoms with E-state index in [1.54, 1.807) is 6.07 Å². The summed E-state index contributed by atoms with van der Waals surface area (Å²) in [7, 11) is 0. The highest BCUT2D eigenvalue weighted by Gasteiger charge is 2.33. The van der Waals surface area contributed by atoms with E-state index in [9.17, 15) is 0 Å². The van der Waals surface area contributed by atoms with E-state index in [0.717, 1.165) is 23.5 Å². The lowest BCUT2D eigenvalue weighted by Crippen LogP contribution is -2.05. The molecule has 1 aliphatic carbocycles. The topological polar surface area (TPSA) is 67.6 Å². The Labute approximate surface area is 99.7 Å². The molecule has 0 amide bonds. The molecule has 3 rings (SSSR count). The van der Waals surface area contributed by atoms with Crippen LogP contribution in [0.15, 0.2) is 18.2 Å². The molecule has 0 spiro atoms. The van der Waals surface area contributed by atoms with Gasteiger partial charge in [0.2, 0.25) is 5.95 Å². The highest BCUT2D eigenvalue weighted by atomic mass is 15.2. The number of hydrogen-bond acceptors (Lipinski definition) is 3. The molecule has 4 heteroatoms. The number of nitriles is 1. The van der Waals surface area contributed by atoms with E-state index in [0.29, 0.717) is 17.4 Å². The van der Waals surface area contributed by atoms with Gasteiger partial charge in [0.05, 0.1) is 22.7 Å². The number of aromatic nitrogens is 2. The molecule has 0 radical (unpaired) electrons. The first-order valence-electron chi connectivity index (χ1n) is 5.85. The molecular weight excluding hydrogens is 212 g/mol. The summed E-state index contributed by atoms with van der Waals surface area (Å²) in [5.74, 6) is 2.04. The van der Waals surface area contributed by atoms with Crippen molar-refractivity contribution < 1.29 is 0 Å². The van der Waals surface area contributed by atoms with Crippen molar-refractivity contribution in [2.75, 3.05) is 5.73 Å². The van der Waals surface area contributed by atoms with Crippen LogP contribution >= 0.6 is 0 Å². The lowest BCUT2D eigenvalue weighted by atomic mass is 10.2. The predicted octanol–water partition coefficient (Wildman–Crippen LogP) is 2.15. The van der Waals surface area contributed by atoms with Crippen LogP contribution in [0.5, 0.6) is 0 Å². The highest BCUT2D eigenvalue weighted by molar-refractivity contribution is 5.79. The van der Waals surface area contributed by atoms with Gasteiger partial charge in [-0.2, -0.15) is 5.26 Å². The van der Waals surface area contributed by atoms with Crippen molar-refractivity contribution in [2.24, 2.45) is 11.8 Å². The van der Waals surface area contributed by atoms with Crippen LogP contribution in [0, 0.1) is 23.2 Å². The first kappa shape index (κ1) is 10.2. The van der Waals surface area contributed by atoms with E-state index in [1.165, 1.54) is 6.42 Å². The van der Waals surface area contributed by atoms with Gasteiger partial charge in [0.25, 0.3) is 0 Å². The van der Waals surface area contributed by atoms with Crippen LogP contribution in [0.3, 0.4) is 0 Å². The molecule has 0 bridgehead atoms. The van der Waals surface area contributed by atoms with E-state index in [-0.39, 0.29) is 0 Å². The quantitative estimate of drug-likeness (QED) is 0.853. The summed E-state index contributed by atoms with van der Waals surface area (Å²) in [4.78, 5) is 4.33. The fraction of sp³-hybridized carbons (Fsp3) is 0.385. The number of nitrogen functional groups attached to an aromatic ring is 1. The number of nitrogens with zero attached hydrogens (tertiary/aromatic N) is 3. The molecule has 1 saturated carbocycles. The molecule has 1 aromatic heterocycles. The Hall–Kier alpha value is -2.02. The third-order valence-electron chi connectivity index (χ3n) is 3.60. The summed E-state index contributed by atoms with van der Waals surface area (Å²) >= 11 is 0. The van der Waals surface area contributed by atoms with Crippen molar-refractivity contribution in [3.8, 4) is 6.07 Å². The van der Waals surface area contributed by atoms with Crippen molar-refractivity contribution in [1.82, 2.24) is 9.55 Å². The van der Waals surface area contributed by atoms with Gasteiger partial charge in [-0.25, -0.2) is 4.98 Å². The summed E-state index contributed by atoms with van der Waals surface area (Å²) in [5.41, 5.74) is 8.43. The molecule has 2 unspecified atom stereocenters. The lowest BCUT2D eigenvalue weighted by molar-refractivity contribution is 0.613. The second-order valence-corrected chi connectivity index (χ2v) is 4.87. The van der Waals surface area contributed by atoms with Gasteiger partial charge in [0.15, 0.2) is 0 Å². The molecular formula is C13H14N4. The average molecular weight is 226 g/mol. The molecule has 4 nitrogen and oxygen atoms in total. The first-order chi connectivity index (χ1) is 8.19. The Morgan fingerprint density at radius 2 is 2.35 bits per heavy atom. The van der Waals surface area contributed by atoms with Crippen molar-refractivity contribution in [3.63, 3.8) is 0 Å². The van der Waals surface area contributed by atoms with Gasteiger partial charge < -0.3 is 10.3 Å². The fourth-order valence-corrected chi connectivity index (χ4v) is 2.29. The van der Waals surface area contributed by atoms with E-state index in [1.807, 2.05) is 16.7 Å². The molecule has 17 heavy (non-hydrogen) atoms. The second-order valence-electron chi connectivity index (χ2n) is 4.87. The van der Waals surface area contributed by atoms with Gasteiger partial charge in [0, 0.05) is 6.54 Å². The minimum atomic E-state index is 0.550. The average Bonchev–Trinajstić information content (AvgIpc) is 2.93. The summed E-state index contributed by atoms with van der Waals surface area (Å²) < 4.78 is 2.03. The molecule has 1 fully saturated rings. The number of hydrogen-bond donors (Lipinski definition) is 1. The Morgan fingerprint density at radius 1 is 1.59 bits per heavy atom. The third kappa shape index (κ3) is 1.64. The molecule has 0 saturated heterocycles. The van der Waals surface area contributed by atoms with Gasteiger partial charge in [-0.3, -0.25) is 0 Å². The smallest absolute Gasteiger partial charge is 0.201 e. The van der Waals surface area contributed by atoms with Crippen LogP contribution in [-0.2, 0) is 6.54 Å². The number of anilines is 1. The van der Waals surface area contributed by atoms with Crippen molar-refractivity contribution >= 4 is 17.0 Å². The Kier molecular flexibility index (Phi) is 2.08. The zero-order chi connectivity index (χ0) is 12.0. The highest BCUT2D eigenvalue weighted by Crippen LogP contribution is 2.40. The van der Waals surface area contributed by atoms with Crippen LogP contribution < -0.4 is 5.73 Å².